The van der Waals surface area contributed by atoms with Crippen molar-refractivity contribution in [2.45, 2.75) is 44.2 Å². The SMILES string of the molecule is CC1(NC(=O)[C@@H](N)c2ccccc2)CCCC1. The van der Waals surface area contributed by atoms with Crippen LogP contribution in [0, 0.1) is 0 Å². The molecule has 0 aliphatic heterocycles. The molecular weight excluding hydrogens is 212 g/mol. The predicted octanol–water partition coefficient (Wildman–Crippen LogP) is 2.14. The molecule has 1 aromatic rings. The highest BCUT2D eigenvalue weighted by Gasteiger charge is 2.31. The molecule has 0 bridgehead atoms. The molecule has 0 heterocycles. The average molecular weight is 232 g/mol. The number of carbonyl (C=O) groups is 1. The van der Waals surface area contributed by atoms with Crippen LogP contribution in [0.4, 0.5) is 0 Å². The van der Waals surface area contributed by atoms with E-state index in [1.165, 1.54) is 12.8 Å². The molecule has 0 unspecified atom stereocenters. The summed E-state index contributed by atoms with van der Waals surface area (Å²) < 4.78 is 0. The minimum Gasteiger partial charge on any atom is -0.349 e. The van der Waals surface area contributed by atoms with E-state index in [9.17, 15) is 4.79 Å². The summed E-state index contributed by atoms with van der Waals surface area (Å²) in [5, 5.41) is 3.09. The van der Waals surface area contributed by atoms with Crippen LogP contribution in [0.3, 0.4) is 0 Å². The van der Waals surface area contributed by atoms with E-state index in [0.717, 1.165) is 18.4 Å². The van der Waals surface area contributed by atoms with Crippen molar-refractivity contribution in [2.24, 2.45) is 5.73 Å². The maximum Gasteiger partial charge on any atom is 0.241 e. The Hall–Kier alpha value is -1.35. The van der Waals surface area contributed by atoms with Gasteiger partial charge in [0.25, 0.3) is 0 Å². The Labute approximate surface area is 102 Å². The molecule has 0 aromatic heterocycles. The van der Waals surface area contributed by atoms with Crippen molar-refractivity contribution in [3.63, 3.8) is 0 Å². The second kappa shape index (κ2) is 4.88. The largest absolute Gasteiger partial charge is 0.349 e. The second-order valence-corrected chi connectivity index (χ2v) is 5.15. The van der Waals surface area contributed by atoms with E-state index in [-0.39, 0.29) is 11.4 Å². The van der Waals surface area contributed by atoms with Gasteiger partial charge < -0.3 is 11.1 Å². The molecule has 17 heavy (non-hydrogen) atoms. The standard InChI is InChI=1S/C14H20N2O/c1-14(9-5-6-10-14)16-13(17)12(15)11-7-3-2-4-8-11/h2-4,7-8,12H,5-6,9-10,15H2,1H3,(H,16,17)/t12-/m0/s1. The molecule has 1 fully saturated rings. The zero-order valence-corrected chi connectivity index (χ0v) is 10.3. The Morgan fingerprint density at radius 2 is 1.88 bits per heavy atom. The second-order valence-electron chi connectivity index (χ2n) is 5.15. The summed E-state index contributed by atoms with van der Waals surface area (Å²) in [6.07, 6.45) is 4.50. The molecule has 0 saturated heterocycles. The Balaban J connectivity index is 2.01. The monoisotopic (exact) mass is 232 g/mol. The van der Waals surface area contributed by atoms with Crippen LogP contribution in [0.15, 0.2) is 30.3 Å². The number of carbonyl (C=O) groups excluding carboxylic acids is 1. The number of hydrogen-bond donors (Lipinski definition) is 2. The molecule has 92 valence electrons. The Morgan fingerprint density at radius 3 is 2.47 bits per heavy atom. The van der Waals surface area contributed by atoms with Crippen LogP contribution in [0.2, 0.25) is 0 Å². The van der Waals surface area contributed by atoms with Gasteiger partial charge in [-0.1, -0.05) is 43.2 Å². The minimum absolute atomic E-state index is 0.0521. The van der Waals surface area contributed by atoms with E-state index in [1.807, 2.05) is 30.3 Å². The number of amides is 1. The molecule has 1 amide bonds. The van der Waals surface area contributed by atoms with Gasteiger partial charge in [0.1, 0.15) is 6.04 Å². The molecule has 0 radical (unpaired) electrons. The van der Waals surface area contributed by atoms with Crippen LogP contribution < -0.4 is 11.1 Å². The summed E-state index contributed by atoms with van der Waals surface area (Å²) in [5.41, 5.74) is 6.78. The summed E-state index contributed by atoms with van der Waals surface area (Å²) in [7, 11) is 0. The van der Waals surface area contributed by atoms with Gasteiger partial charge in [-0.3, -0.25) is 4.79 Å². The number of rotatable bonds is 3. The first-order valence-electron chi connectivity index (χ1n) is 6.23. The van der Waals surface area contributed by atoms with E-state index in [4.69, 9.17) is 5.73 Å². The molecule has 2 rings (SSSR count). The van der Waals surface area contributed by atoms with Crippen LogP contribution >= 0.6 is 0 Å². The molecule has 1 aliphatic rings. The zero-order chi connectivity index (χ0) is 12.3. The molecule has 1 atom stereocenters. The molecule has 1 aliphatic carbocycles. The number of nitrogens with two attached hydrogens (primary N) is 1. The summed E-state index contributed by atoms with van der Waals surface area (Å²) in [6.45, 7) is 2.11. The smallest absolute Gasteiger partial charge is 0.241 e. The van der Waals surface area contributed by atoms with Crippen molar-refractivity contribution in [1.82, 2.24) is 5.32 Å². The fraction of sp³-hybridized carbons (Fsp3) is 0.500. The van der Waals surface area contributed by atoms with Gasteiger partial charge in [-0.05, 0) is 25.3 Å². The lowest BCUT2D eigenvalue weighted by Crippen LogP contribution is -2.47. The molecule has 3 N–H and O–H groups in total. The average Bonchev–Trinajstić information content (AvgIpc) is 2.76. The Bertz CT molecular complexity index is 382. The lowest BCUT2D eigenvalue weighted by atomic mass is 9.99. The highest BCUT2D eigenvalue weighted by molar-refractivity contribution is 5.83. The van der Waals surface area contributed by atoms with Crippen molar-refractivity contribution < 1.29 is 4.79 Å². The topological polar surface area (TPSA) is 55.1 Å². The van der Waals surface area contributed by atoms with Crippen molar-refractivity contribution in [1.29, 1.82) is 0 Å². The maximum atomic E-state index is 12.1. The molecule has 1 saturated carbocycles. The molecule has 3 heteroatoms. The third-order valence-electron chi connectivity index (χ3n) is 3.57. The van der Waals surface area contributed by atoms with Crippen LogP contribution in [0.1, 0.15) is 44.2 Å². The van der Waals surface area contributed by atoms with Crippen LogP contribution in [0.5, 0.6) is 0 Å². The first kappa shape index (κ1) is 12.1. The molecule has 0 spiro atoms. The van der Waals surface area contributed by atoms with Crippen molar-refractivity contribution in [3.8, 4) is 0 Å². The maximum absolute atomic E-state index is 12.1. The van der Waals surface area contributed by atoms with Gasteiger partial charge >= 0.3 is 0 Å². The lowest BCUT2D eigenvalue weighted by molar-refractivity contribution is -0.124. The lowest BCUT2D eigenvalue weighted by Gasteiger charge is -2.27. The van der Waals surface area contributed by atoms with Crippen LogP contribution in [0.25, 0.3) is 0 Å². The Kier molecular flexibility index (Phi) is 3.48. The fourth-order valence-electron chi connectivity index (χ4n) is 2.47. The summed E-state index contributed by atoms with van der Waals surface area (Å²) in [5.74, 6) is -0.0689. The molecule has 3 nitrogen and oxygen atoms in total. The Morgan fingerprint density at radius 1 is 1.29 bits per heavy atom. The zero-order valence-electron chi connectivity index (χ0n) is 10.3. The summed E-state index contributed by atoms with van der Waals surface area (Å²) in [4.78, 5) is 12.1. The van der Waals surface area contributed by atoms with Crippen molar-refractivity contribution in [2.75, 3.05) is 0 Å². The number of nitrogens with one attached hydrogen (secondary N) is 1. The van der Waals surface area contributed by atoms with E-state index >= 15 is 0 Å². The van der Waals surface area contributed by atoms with Crippen LogP contribution in [-0.4, -0.2) is 11.4 Å². The van der Waals surface area contributed by atoms with E-state index in [0.29, 0.717) is 0 Å². The third-order valence-corrected chi connectivity index (χ3v) is 3.57. The van der Waals surface area contributed by atoms with Crippen molar-refractivity contribution >= 4 is 5.91 Å². The van der Waals surface area contributed by atoms with Crippen LogP contribution in [-0.2, 0) is 4.79 Å². The first-order valence-corrected chi connectivity index (χ1v) is 6.23. The van der Waals surface area contributed by atoms with Gasteiger partial charge in [-0.15, -0.1) is 0 Å². The highest BCUT2D eigenvalue weighted by Crippen LogP contribution is 2.29. The van der Waals surface area contributed by atoms with Crippen molar-refractivity contribution in [3.05, 3.63) is 35.9 Å². The normalized spacial score (nSPS) is 19.9. The highest BCUT2D eigenvalue weighted by atomic mass is 16.2. The fourth-order valence-corrected chi connectivity index (χ4v) is 2.47. The summed E-state index contributed by atoms with van der Waals surface area (Å²) in [6, 6.07) is 8.95. The minimum atomic E-state index is -0.561. The third kappa shape index (κ3) is 2.86. The number of benzene rings is 1. The van der Waals surface area contributed by atoms with Gasteiger partial charge in [0.15, 0.2) is 0 Å². The van der Waals surface area contributed by atoms with Gasteiger partial charge in [0.2, 0.25) is 5.91 Å². The van der Waals surface area contributed by atoms with Gasteiger partial charge in [-0.25, -0.2) is 0 Å². The first-order chi connectivity index (χ1) is 8.11. The van der Waals surface area contributed by atoms with Gasteiger partial charge in [0, 0.05) is 5.54 Å². The van der Waals surface area contributed by atoms with Gasteiger partial charge in [0.05, 0.1) is 0 Å². The van der Waals surface area contributed by atoms with E-state index in [2.05, 4.69) is 12.2 Å². The quantitative estimate of drug-likeness (QED) is 0.839. The van der Waals surface area contributed by atoms with E-state index in [1.54, 1.807) is 0 Å². The van der Waals surface area contributed by atoms with E-state index < -0.39 is 6.04 Å². The van der Waals surface area contributed by atoms with Gasteiger partial charge in [-0.2, -0.15) is 0 Å². The summed E-state index contributed by atoms with van der Waals surface area (Å²) >= 11 is 0. The molecule has 1 aromatic carbocycles. The predicted molar refractivity (Wildman–Crippen MR) is 68.4 cm³/mol. The number of hydrogen-bond acceptors (Lipinski definition) is 2. The molecular formula is C14H20N2O.